The fraction of sp³-hybridized carbons (Fsp3) is 0.500. The van der Waals surface area contributed by atoms with Crippen molar-refractivity contribution < 1.29 is 0 Å². The smallest absolute Gasteiger partial charge is 0.0202 e. The topological polar surface area (TPSA) is 12.0 Å². The summed E-state index contributed by atoms with van der Waals surface area (Å²) in [5, 5.41) is 3.17. The highest BCUT2D eigenvalue weighted by Crippen LogP contribution is 2.18. The predicted octanol–water partition coefficient (Wildman–Crippen LogP) is 2.92. The maximum atomic E-state index is 3.74. The van der Waals surface area contributed by atoms with Crippen LogP contribution in [0.2, 0.25) is 0 Å². The molecular weight excluding hydrogens is 158 g/mol. The Labute approximate surface area is 82.2 Å². The van der Waals surface area contributed by atoms with Crippen molar-refractivity contribution >= 4 is 0 Å². The van der Waals surface area contributed by atoms with Gasteiger partial charge in [-0.25, -0.2) is 0 Å². The molecule has 0 saturated heterocycles. The van der Waals surface area contributed by atoms with E-state index in [1.807, 2.05) is 13.1 Å². The molecular formula is C12H21N. The number of hydrogen-bond donors (Lipinski definition) is 1. The second kappa shape index (κ2) is 6.67. The minimum absolute atomic E-state index is 0.553. The van der Waals surface area contributed by atoms with Crippen molar-refractivity contribution in [2.75, 3.05) is 13.6 Å². The van der Waals surface area contributed by atoms with Gasteiger partial charge in [0.05, 0.1) is 0 Å². The molecule has 0 radical (unpaired) electrons. The lowest BCUT2D eigenvalue weighted by atomic mass is 9.94. The van der Waals surface area contributed by atoms with Crippen molar-refractivity contribution in [1.29, 1.82) is 0 Å². The first-order chi connectivity index (χ1) is 6.17. The minimum Gasteiger partial charge on any atom is -0.316 e. The van der Waals surface area contributed by atoms with Crippen LogP contribution >= 0.6 is 0 Å². The van der Waals surface area contributed by atoms with Crippen LogP contribution in [0.15, 0.2) is 36.0 Å². The van der Waals surface area contributed by atoms with Crippen LogP contribution in [0.5, 0.6) is 0 Å². The fourth-order valence-electron chi connectivity index (χ4n) is 1.36. The molecule has 0 saturated carbocycles. The average molecular weight is 179 g/mol. The van der Waals surface area contributed by atoms with Gasteiger partial charge in [-0.1, -0.05) is 38.7 Å². The monoisotopic (exact) mass is 179 g/mol. The highest BCUT2D eigenvalue weighted by Gasteiger charge is 2.06. The normalized spacial score (nSPS) is 13.6. The molecule has 13 heavy (non-hydrogen) atoms. The first kappa shape index (κ1) is 12.2. The number of nitrogens with one attached hydrogen (secondary N) is 1. The lowest BCUT2D eigenvalue weighted by molar-refractivity contribution is 0.753. The van der Waals surface area contributed by atoms with Crippen LogP contribution in [0.25, 0.3) is 0 Å². The summed E-state index contributed by atoms with van der Waals surface area (Å²) in [5.74, 6) is 0.553. The third-order valence-corrected chi connectivity index (χ3v) is 2.01. The van der Waals surface area contributed by atoms with Crippen LogP contribution in [-0.2, 0) is 0 Å². The lowest BCUT2D eigenvalue weighted by Gasteiger charge is -2.14. The summed E-state index contributed by atoms with van der Waals surface area (Å²) in [7, 11) is 1.97. The molecule has 0 spiro atoms. The van der Waals surface area contributed by atoms with Crippen LogP contribution in [-0.4, -0.2) is 13.6 Å². The fourth-order valence-corrected chi connectivity index (χ4v) is 1.36. The molecule has 0 aliphatic rings. The Hall–Kier alpha value is -0.820. The molecule has 1 heteroatoms. The van der Waals surface area contributed by atoms with Gasteiger partial charge in [-0.05, 0) is 31.0 Å². The van der Waals surface area contributed by atoms with Crippen molar-refractivity contribution in [1.82, 2.24) is 5.32 Å². The molecule has 0 amide bonds. The molecule has 0 unspecified atom stereocenters. The van der Waals surface area contributed by atoms with Gasteiger partial charge < -0.3 is 5.32 Å². The van der Waals surface area contributed by atoms with Crippen LogP contribution in [0.4, 0.5) is 0 Å². The molecule has 0 fully saturated rings. The molecule has 0 rings (SSSR count). The van der Waals surface area contributed by atoms with Gasteiger partial charge in [0.25, 0.3) is 0 Å². The molecule has 0 atom stereocenters. The molecule has 0 aromatic rings. The Morgan fingerprint density at radius 2 is 2.08 bits per heavy atom. The second-order valence-electron chi connectivity index (χ2n) is 3.36. The quantitative estimate of drug-likeness (QED) is 0.640. The van der Waals surface area contributed by atoms with Crippen LogP contribution in [0.3, 0.4) is 0 Å². The molecule has 1 N–H and O–H groups in total. The molecule has 1 nitrogen and oxygen atoms in total. The van der Waals surface area contributed by atoms with E-state index in [4.69, 9.17) is 0 Å². The summed E-state index contributed by atoms with van der Waals surface area (Å²) >= 11 is 0. The number of hydrogen-bond acceptors (Lipinski definition) is 1. The van der Waals surface area contributed by atoms with Crippen LogP contribution in [0, 0.1) is 5.92 Å². The first-order valence-corrected chi connectivity index (χ1v) is 4.80. The highest BCUT2D eigenvalue weighted by molar-refractivity contribution is 5.35. The summed E-state index contributed by atoms with van der Waals surface area (Å²) in [4.78, 5) is 0. The summed E-state index contributed by atoms with van der Waals surface area (Å²) in [6, 6.07) is 0. The lowest BCUT2D eigenvalue weighted by Crippen LogP contribution is -2.13. The van der Waals surface area contributed by atoms with E-state index in [0.29, 0.717) is 5.92 Å². The summed E-state index contributed by atoms with van der Waals surface area (Å²) in [6.45, 7) is 11.1. The van der Waals surface area contributed by atoms with Crippen molar-refractivity contribution in [3.8, 4) is 0 Å². The first-order valence-electron chi connectivity index (χ1n) is 4.80. The summed E-state index contributed by atoms with van der Waals surface area (Å²) < 4.78 is 0. The van der Waals surface area contributed by atoms with Gasteiger partial charge in [-0.15, -0.1) is 0 Å². The maximum absolute atomic E-state index is 3.74. The van der Waals surface area contributed by atoms with E-state index in [2.05, 4.69) is 44.8 Å². The van der Waals surface area contributed by atoms with Gasteiger partial charge in [0.15, 0.2) is 0 Å². The van der Waals surface area contributed by atoms with E-state index in [1.165, 1.54) is 11.1 Å². The van der Waals surface area contributed by atoms with E-state index >= 15 is 0 Å². The summed E-state index contributed by atoms with van der Waals surface area (Å²) in [6.07, 6.45) is 6.11. The third-order valence-electron chi connectivity index (χ3n) is 2.01. The van der Waals surface area contributed by atoms with Gasteiger partial charge in [0.2, 0.25) is 0 Å². The Morgan fingerprint density at radius 3 is 2.38 bits per heavy atom. The second-order valence-corrected chi connectivity index (χ2v) is 3.36. The van der Waals surface area contributed by atoms with Crippen molar-refractivity contribution in [2.24, 2.45) is 5.92 Å². The third kappa shape index (κ3) is 4.09. The van der Waals surface area contributed by atoms with E-state index in [1.54, 1.807) is 0 Å². The Kier molecular flexibility index (Phi) is 6.25. The van der Waals surface area contributed by atoms with E-state index in [9.17, 15) is 0 Å². The van der Waals surface area contributed by atoms with Crippen molar-refractivity contribution in [3.63, 3.8) is 0 Å². The largest absolute Gasteiger partial charge is 0.316 e. The van der Waals surface area contributed by atoms with Gasteiger partial charge >= 0.3 is 0 Å². The minimum atomic E-state index is 0.553. The molecule has 0 aromatic heterocycles. The van der Waals surface area contributed by atoms with Crippen molar-refractivity contribution in [3.05, 3.63) is 36.0 Å². The zero-order valence-corrected chi connectivity index (χ0v) is 9.22. The van der Waals surface area contributed by atoms with E-state index in [-0.39, 0.29) is 0 Å². The highest BCUT2D eigenvalue weighted by atomic mass is 14.8. The van der Waals surface area contributed by atoms with Crippen LogP contribution < -0.4 is 5.32 Å². The van der Waals surface area contributed by atoms with Gasteiger partial charge in [0.1, 0.15) is 0 Å². The Bertz CT molecular complexity index is 209. The maximum Gasteiger partial charge on any atom is 0.0202 e. The van der Waals surface area contributed by atoms with Gasteiger partial charge in [-0.2, -0.15) is 0 Å². The number of allylic oxidation sites excluding steroid dienone is 3. The predicted molar refractivity (Wildman–Crippen MR) is 60.8 cm³/mol. The van der Waals surface area contributed by atoms with E-state index < -0.39 is 0 Å². The molecule has 0 aromatic carbocycles. The summed E-state index contributed by atoms with van der Waals surface area (Å²) in [5.41, 5.74) is 2.73. The molecule has 0 aliphatic carbocycles. The zero-order chi connectivity index (χ0) is 10.3. The number of likely N-dealkylation sites (N-methyl/N-ethyl adjacent to an activating group) is 1. The molecule has 0 heterocycles. The van der Waals surface area contributed by atoms with Crippen LogP contribution in [0.1, 0.15) is 20.8 Å². The number of rotatable bonds is 5. The molecule has 74 valence electrons. The van der Waals surface area contributed by atoms with Gasteiger partial charge in [0, 0.05) is 6.54 Å². The molecule has 0 aliphatic heterocycles. The molecule has 0 bridgehead atoms. The standard InChI is InChI=1S/C12H21N/c1-6-8-12(10(3)4)11(7-2)9-13-5/h6-8,10,13H,1,9H2,2-5H3/b11-7-,12-8-. The Balaban J connectivity index is 4.71. The van der Waals surface area contributed by atoms with E-state index in [0.717, 1.165) is 6.54 Å². The van der Waals surface area contributed by atoms with Crippen molar-refractivity contribution in [2.45, 2.75) is 20.8 Å². The average Bonchev–Trinajstić information content (AvgIpc) is 2.10. The Morgan fingerprint density at radius 1 is 1.46 bits per heavy atom. The van der Waals surface area contributed by atoms with Gasteiger partial charge in [-0.3, -0.25) is 0 Å². The SMILES string of the molecule is C=C/C=C(\C(=C/C)CNC)C(C)C. The zero-order valence-electron chi connectivity index (χ0n) is 9.22.